The summed E-state index contributed by atoms with van der Waals surface area (Å²) in [5, 5.41) is 0.124. The van der Waals surface area contributed by atoms with E-state index in [0.717, 1.165) is 38.9 Å². The third-order valence-corrected chi connectivity index (χ3v) is 5.17. The zero-order chi connectivity index (χ0) is 17.4. The second-order valence-corrected chi connectivity index (χ2v) is 6.71. The highest BCUT2D eigenvalue weighted by molar-refractivity contribution is 8.14. The van der Waals surface area contributed by atoms with Crippen molar-refractivity contribution in [2.24, 2.45) is 0 Å². The fourth-order valence-corrected chi connectivity index (χ4v) is 3.58. The molecule has 1 atom stereocenters. The van der Waals surface area contributed by atoms with Crippen LogP contribution in [-0.2, 0) is 11.4 Å². The molecule has 1 fully saturated rings. The first-order valence-corrected chi connectivity index (χ1v) is 8.53. The lowest BCUT2D eigenvalue weighted by Crippen LogP contribution is -2.24. The summed E-state index contributed by atoms with van der Waals surface area (Å²) in [5.41, 5.74) is 1.49. The number of aromatic nitrogens is 1. The molecule has 3 aromatic rings. The summed E-state index contributed by atoms with van der Waals surface area (Å²) >= 11 is 1.02. The van der Waals surface area contributed by atoms with Gasteiger partial charge < -0.3 is 9.15 Å². The molecule has 7 heteroatoms. The Bertz CT molecular complexity index is 955. The van der Waals surface area contributed by atoms with Crippen molar-refractivity contribution in [3.8, 4) is 5.75 Å². The summed E-state index contributed by atoms with van der Waals surface area (Å²) in [6.07, 6.45) is 3.24. The average molecular weight is 354 g/mol. The first-order chi connectivity index (χ1) is 12.1. The maximum atomic E-state index is 12.1. The first-order valence-electron chi connectivity index (χ1n) is 7.65. The SMILES string of the molecule is CN1C(=O)SC(c2cnc3cc(OCc4ccco4)ccc3c2)C1=O. The third-order valence-electron chi connectivity index (χ3n) is 3.99. The highest BCUT2D eigenvalue weighted by Crippen LogP contribution is 2.39. The van der Waals surface area contributed by atoms with E-state index in [4.69, 9.17) is 9.15 Å². The van der Waals surface area contributed by atoms with Gasteiger partial charge in [0.25, 0.3) is 5.24 Å². The summed E-state index contributed by atoms with van der Waals surface area (Å²) < 4.78 is 10.9. The van der Waals surface area contributed by atoms with Crippen LogP contribution in [0.1, 0.15) is 16.6 Å². The van der Waals surface area contributed by atoms with Gasteiger partial charge in [0, 0.05) is 24.7 Å². The van der Waals surface area contributed by atoms with Gasteiger partial charge in [-0.3, -0.25) is 19.5 Å². The number of benzene rings is 1. The fraction of sp³-hybridized carbons (Fsp3) is 0.167. The largest absolute Gasteiger partial charge is 0.486 e. The molecular weight excluding hydrogens is 340 g/mol. The monoisotopic (exact) mass is 354 g/mol. The van der Waals surface area contributed by atoms with Crippen LogP contribution in [0.2, 0.25) is 0 Å². The van der Waals surface area contributed by atoms with E-state index in [1.165, 1.54) is 7.05 Å². The van der Waals surface area contributed by atoms with Crippen LogP contribution in [0.5, 0.6) is 5.75 Å². The van der Waals surface area contributed by atoms with Gasteiger partial charge in [0.05, 0.1) is 11.8 Å². The lowest BCUT2D eigenvalue weighted by Gasteiger charge is -2.09. The van der Waals surface area contributed by atoms with E-state index in [-0.39, 0.29) is 11.1 Å². The number of furan rings is 1. The van der Waals surface area contributed by atoms with E-state index < -0.39 is 5.25 Å². The number of ether oxygens (including phenoxy) is 1. The van der Waals surface area contributed by atoms with Crippen molar-refractivity contribution in [1.82, 2.24) is 9.88 Å². The first kappa shape index (κ1) is 15.7. The number of hydrogen-bond acceptors (Lipinski definition) is 6. The number of hydrogen-bond donors (Lipinski definition) is 0. The molecule has 0 saturated carbocycles. The Hall–Kier alpha value is -2.80. The van der Waals surface area contributed by atoms with Crippen molar-refractivity contribution in [3.63, 3.8) is 0 Å². The molecule has 1 aliphatic heterocycles. The molecule has 0 N–H and O–H groups in total. The van der Waals surface area contributed by atoms with E-state index in [2.05, 4.69) is 4.98 Å². The number of carbonyl (C=O) groups excluding carboxylic acids is 2. The molecule has 1 unspecified atom stereocenters. The molecular formula is C18H14N2O4S. The van der Waals surface area contributed by atoms with Crippen LogP contribution < -0.4 is 4.74 Å². The van der Waals surface area contributed by atoms with Crippen molar-refractivity contribution in [1.29, 1.82) is 0 Å². The number of fused-ring (bicyclic) bond motifs is 1. The smallest absolute Gasteiger partial charge is 0.289 e. The van der Waals surface area contributed by atoms with E-state index in [9.17, 15) is 9.59 Å². The predicted molar refractivity (Wildman–Crippen MR) is 93.3 cm³/mol. The van der Waals surface area contributed by atoms with Crippen LogP contribution in [0.4, 0.5) is 4.79 Å². The molecule has 6 nitrogen and oxygen atoms in total. The van der Waals surface area contributed by atoms with Gasteiger partial charge in [-0.25, -0.2) is 0 Å². The second-order valence-electron chi connectivity index (χ2n) is 5.65. The zero-order valence-electron chi connectivity index (χ0n) is 13.3. The Labute approximate surface area is 147 Å². The second kappa shape index (κ2) is 6.25. The van der Waals surface area contributed by atoms with Crippen molar-refractivity contribution >= 4 is 33.8 Å². The molecule has 0 spiro atoms. The van der Waals surface area contributed by atoms with Crippen LogP contribution in [0.25, 0.3) is 10.9 Å². The summed E-state index contributed by atoms with van der Waals surface area (Å²) in [7, 11) is 1.49. The van der Waals surface area contributed by atoms with Gasteiger partial charge in [-0.1, -0.05) is 0 Å². The molecule has 2 aromatic heterocycles. The van der Waals surface area contributed by atoms with Gasteiger partial charge in [0.1, 0.15) is 23.4 Å². The molecule has 25 heavy (non-hydrogen) atoms. The van der Waals surface area contributed by atoms with Gasteiger partial charge in [-0.2, -0.15) is 0 Å². The molecule has 3 heterocycles. The van der Waals surface area contributed by atoms with Crippen LogP contribution in [0.3, 0.4) is 0 Å². The molecule has 1 aliphatic rings. The van der Waals surface area contributed by atoms with Gasteiger partial charge in [-0.15, -0.1) is 0 Å². The number of thioether (sulfide) groups is 1. The van der Waals surface area contributed by atoms with E-state index in [1.807, 2.05) is 36.4 Å². The van der Waals surface area contributed by atoms with E-state index in [1.54, 1.807) is 12.5 Å². The summed E-state index contributed by atoms with van der Waals surface area (Å²) in [6, 6.07) is 11.1. The number of carbonyl (C=O) groups is 2. The van der Waals surface area contributed by atoms with Crippen LogP contribution in [0.15, 0.2) is 53.3 Å². The normalized spacial score (nSPS) is 17.5. The van der Waals surface area contributed by atoms with Crippen LogP contribution in [0, 0.1) is 0 Å². The predicted octanol–water partition coefficient (Wildman–Crippen LogP) is 3.77. The van der Waals surface area contributed by atoms with E-state index in [0.29, 0.717) is 12.4 Å². The number of imide groups is 1. The Morgan fingerprint density at radius 3 is 2.88 bits per heavy atom. The minimum absolute atomic E-state index is 0.213. The van der Waals surface area contributed by atoms with Crippen LogP contribution in [-0.4, -0.2) is 28.1 Å². The highest BCUT2D eigenvalue weighted by atomic mass is 32.2. The van der Waals surface area contributed by atoms with Gasteiger partial charge in [0.15, 0.2) is 0 Å². The lowest BCUT2D eigenvalue weighted by molar-refractivity contribution is -0.125. The number of pyridine rings is 1. The molecule has 4 rings (SSSR count). The molecule has 1 aromatic carbocycles. The third kappa shape index (κ3) is 2.98. The van der Waals surface area contributed by atoms with Gasteiger partial charge in [0.2, 0.25) is 5.91 Å². The minimum Gasteiger partial charge on any atom is -0.486 e. The van der Waals surface area contributed by atoms with Crippen molar-refractivity contribution in [2.45, 2.75) is 11.9 Å². The average Bonchev–Trinajstić information content (AvgIpc) is 3.24. The molecule has 0 bridgehead atoms. The number of rotatable bonds is 4. The zero-order valence-corrected chi connectivity index (χ0v) is 14.2. The van der Waals surface area contributed by atoms with Crippen molar-refractivity contribution in [2.75, 3.05) is 7.05 Å². The Morgan fingerprint density at radius 1 is 1.28 bits per heavy atom. The summed E-state index contributed by atoms with van der Waals surface area (Å²) in [4.78, 5) is 29.4. The minimum atomic E-state index is -0.524. The Kier molecular flexibility index (Phi) is 3.93. The number of amides is 2. The van der Waals surface area contributed by atoms with Gasteiger partial charge in [-0.05, 0) is 47.7 Å². The highest BCUT2D eigenvalue weighted by Gasteiger charge is 2.38. The maximum absolute atomic E-state index is 12.1. The van der Waals surface area contributed by atoms with Crippen molar-refractivity contribution in [3.05, 3.63) is 60.2 Å². The molecule has 2 amide bonds. The lowest BCUT2D eigenvalue weighted by atomic mass is 10.1. The summed E-state index contributed by atoms with van der Waals surface area (Å²) in [5.74, 6) is 1.22. The molecule has 0 aliphatic carbocycles. The van der Waals surface area contributed by atoms with Crippen molar-refractivity contribution < 1.29 is 18.7 Å². The van der Waals surface area contributed by atoms with Gasteiger partial charge >= 0.3 is 0 Å². The van der Waals surface area contributed by atoms with Crippen LogP contribution >= 0.6 is 11.8 Å². The number of nitrogens with zero attached hydrogens (tertiary/aromatic N) is 2. The Balaban J connectivity index is 1.56. The maximum Gasteiger partial charge on any atom is 0.289 e. The standard InChI is InChI=1S/C18H14N2O4S/c1-20-17(21)16(25-18(20)22)12-7-11-4-5-13(8-15(11)19-9-12)24-10-14-3-2-6-23-14/h2-9,16H,10H2,1H3. The fourth-order valence-electron chi connectivity index (χ4n) is 2.61. The number of likely N-dealkylation sites (N-methyl/N-ethyl adjacent to an activating group) is 1. The quantitative estimate of drug-likeness (QED) is 0.710. The molecule has 126 valence electrons. The Morgan fingerprint density at radius 2 is 2.16 bits per heavy atom. The summed E-state index contributed by atoms with van der Waals surface area (Å²) in [6.45, 7) is 0.345. The molecule has 0 radical (unpaired) electrons. The topological polar surface area (TPSA) is 72.6 Å². The molecule has 1 saturated heterocycles. The van der Waals surface area contributed by atoms with E-state index >= 15 is 0 Å².